The van der Waals surface area contributed by atoms with Crippen LogP contribution in [0.15, 0.2) is 0 Å². The molecule has 1 rings (SSSR count). The summed E-state index contributed by atoms with van der Waals surface area (Å²) in [6.45, 7) is 6.28. The molecule has 0 bridgehead atoms. The van der Waals surface area contributed by atoms with Crippen LogP contribution in [0, 0.1) is 5.92 Å². The minimum Gasteiger partial charge on any atom is -0.381 e. The van der Waals surface area contributed by atoms with Crippen molar-refractivity contribution in [2.75, 3.05) is 26.3 Å². The largest absolute Gasteiger partial charge is 0.381 e. The summed E-state index contributed by atoms with van der Waals surface area (Å²) in [5, 5.41) is 3.31. The molecule has 1 fully saturated rings. The molecule has 0 radical (unpaired) electrons. The molecular weight excluding hydrogens is 150 g/mol. The van der Waals surface area contributed by atoms with E-state index in [1.165, 1.54) is 6.42 Å². The minimum atomic E-state index is 0. The third-order valence-corrected chi connectivity index (χ3v) is 1.71. The number of halogens is 1. The lowest BCUT2D eigenvalue weighted by Crippen LogP contribution is -2.22. The van der Waals surface area contributed by atoms with Gasteiger partial charge >= 0.3 is 0 Å². The molecule has 1 aliphatic rings. The van der Waals surface area contributed by atoms with E-state index in [4.69, 9.17) is 4.74 Å². The highest BCUT2D eigenvalue weighted by Crippen LogP contribution is 2.09. The molecule has 1 saturated heterocycles. The van der Waals surface area contributed by atoms with E-state index in [2.05, 4.69) is 12.2 Å². The van der Waals surface area contributed by atoms with Crippen molar-refractivity contribution in [3.63, 3.8) is 0 Å². The van der Waals surface area contributed by atoms with Gasteiger partial charge in [0.1, 0.15) is 0 Å². The molecular formula is C7H16ClNO. The smallest absolute Gasteiger partial charge is 0.0507 e. The molecule has 0 aromatic heterocycles. The first-order valence-corrected chi connectivity index (χ1v) is 3.72. The fourth-order valence-electron chi connectivity index (χ4n) is 1.09. The van der Waals surface area contributed by atoms with E-state index in [9.17, 15) is 0 Å². The minimum absolute atomic E-state index is 0. The van der Waals surface area contributed by atoms with Gasteiger partial charge in [0, 0.05) is 13.2 Å². The van der Waals surface area contributed by atoms with E-state index in [0.717, 1.165) is 32.2 Å². The van der Waals surface area contributed by atoms with Crippen LogP contribution in [-0.2, 0) is 4.74 Å². The first kappa shape index (κ1) is 10.2. The van der Waals surface area contributed by atoms with Crippen LogP contribution in [0.4, 0.5) is 0 Å². The lowest BCUT2D eigenvalue weighted by molar-refractivity contribution is 0.185. The van der Waals surface area contributed by atoms with Crippen LogP contribution in [-0.4, -0.2) is 26.3 Å². The maximum absolute atomic E-state index is 5.21. The molecule has 2 nitrogen and oxygen atoms in total. The van der Waals surface area contributed by atoms with Gasteiger partial charge in [-0.3, -0.25) is 0 Å². The second-order valence-electron chi connectivity index (χ2n) is 2.54. The van der Waals surface area contributed by atoms with Crippen molar-refractivity contribution in [1.82, 2.24) is 5.32 Å². The Morgan fingerprint density at radius 3 is 2.90 bits per heavy atom. The zero-order valence-electron chi connectivity index (χ0n) is 6.43. The molecule has 0 aliphatic carbocycles. The van der Waals surface area contributed by atoms with Gasteiger partial charge in [-0.05, 0) is 18.9 Å². The van der Waals surface area contributed by atoms with Crippen molar-refractivity contribution < 1.29 is 4.74 Å². The summed E-state index contributed by atoms with van der Waals surface area (Å²) < 4.78 is 5.21. The van der Waals surface area contributed by atoms with Crippen LogP contribution < -0.4 is 5.32 Å². The Balaban J connectivity index is 0.000000810. The molecule has 62 valence electrons. The molecule has 3 heteroatoms. The van der Waals surface area contributed by atoms with Crippen molar-refractivity contribution >= 4 is 12.4 Å². The van der Waals surface area contributed by atoms with E-state index in [0.29, 0.717) is 0 Å². The maximum Gasteiger partial charge on any atom is 0.0507 e. The summed E-state index contributed by atoms with van der Waals surface area (Å²) in [5.41, 5.74) is 0. The predicted molar refractivity (Wildman–Crippen MR) is 44.7 cm³/mol. The average molecular weight is 166 g/mol. The molecule has 10 heavy (non-hydrogen) atoms. The van der Waals surface area contributed by atoms with Crippen molar-refractivity contribution in [3.8, 4) is 0 Å². The molecule has 1 atom stereocenters. The SMILES string of the molecule is CCNCC1CCOC1.Cl. The highest BCUT2D eigenvalue weighted by molar-refractivity contribution is 5.85. The molecule has 0 aromatic rings. The molecule has 0 aromatic carbocycles. The molecule has 0 spiro atoms. The summed E-state index contributed by atoms with van der Waals surface area (Å²) in [4.78, 5) is 0. The Morgan fingerprint density at radius 1 is 1.60 bits per heavy atom. The quantitative estimate of drug-likeness (QED) is 0.675. The number of nitrogens with one attached hydrogen (secondary N) is 1. The van der Waals surface area contributed by atoms with Crippen LogP contribution >= 0.6 is 12.4 Å². The van der Waals surface area contributed by atoms with Crippen molar-refractivity contribution in [2.24, 2.45) is 5.92 Å². The van der Waals surface area contributed by atoms with Gasteiger partial charge in [-0.2, -0.15) is 0 Å². The Morgan fingerprint density at radius 2 is 2.40 bits per heavy atom. The highest BCUT2D eigenvalue weighted by Gasteiger charge is 2.13. The van der Waals surface area contributed by atoms with Crippen LogP contribution in [0.25, 0.3) is 0 Å². The Hall–Kier alpha value is 0.210. The topological polar surface area (TPSA) is 21.3 Å². The zero-order chi connectivity index (χ0) is 6.53. The van der Waals surface area contributed by atoms with E-state index in [1.807, 2.05) is 0 Å². The van der Waals surface area contributed by atoms with E-state index in [-0.39, 0.29) is 12.4 Å². The monoisotopic (exact) mass is 165 g/mol. The first-order valence-electron chi connectivity index (χ1n) is 3.72. The Bertz CT molecular complexity index is 74.0. The number of rotatable bonds is 3. The molecule has 0 amide bonds. The van der Waals surface area contributed by atoms with Crippen LogP contribution in [0.1, 0.15) is 13.3 Å². The van der Waals surface area contributed by atoms with Gasteiger partial charge in [0.2, 0.25) is 0 Å². The number of ether oxygens (including phenoxy) is 1. The molecule has 0 saturated carbocycles. The molecule has 1 aliphatic heterocycles. The van der Waals surface area contributed by atoms with Crippen molar-refractivity contribution in [3.05, 3.63) is 0 Å². The van der Waals surface area contributed by atoms with Crippen molar-refractivity contribution in [1.29, 1.82) is 0 Å². The maximum atomic E-state index is 5.21. The third-order valence-electron chi connectivity index (χ3n) is 1.71. The Labute approximate surface area is 68.7 Å². The summed E-state index contributed by atoms with van der Waals surface area (Å²) >= 11 is 0. The second-order valence-corrected chi connectivity index (χ2v) is 2.54. The van der Waals surface area contributed by atoms with Gasteiger partial charge in [-0.1, -0.05) is 6.92 Å². The molecule has 1 N–H and O–H groups in total. The van der Waals surface area contributed by atoms with Gasteiger partial charge in [0.25, 0.3) is 0 Å². The van der Waals surface area contributed by atoms with Crippen molar-refractivity contribution in [2.45, 2.75) is 13.3 Å². The van der Waals surface area contributed by atoms with Gasteiger partial charge in [0.15, 0.2) is 0 Å². The summed E-state index contributed by atoms with van der Waals surface area (Å²) in [7, 11) is 0. The summed E-state index contributed by atoms with van der Waals surface area (Å²) in [6, 6.07) is 0. The van der Waals surface area contributed by atoms with Gasteiger partial charge in [-0.25, -0.2) is 0 Å². The average Bonchev–Trinajstić information content (AvgIpc) is 2.34. The fourth-order valence-corrected chi connectivity index (χ4v) is 1.09. The lowest BCUT2D eigenvalue weighted by atomic mass is 10.1. The van der Waals surface area contributed by atoms with Crippen LogP contribution in [0.3, 0.4) is 0 Å². The lowest BCUT2D eigenvalue weighted by Gasteiger charge is -2.05. The second kappa shape index (κ2) is 5.96. The zero-order valence-corrected chi connectivity index (χ0v) is 7.25. The number of hydrogen-bond donors (Lipinski definition) is 1. The fraction of sp³-hybridized carbons (Fsp3) is 1.00. The standard InChI is InChI=1S/C7H15NO.ClH/c1-2-8-5-7-3-4-9-6-7;/h7-8H,2-6H2,1H3;1H. The van der Waals surface area contributed by atoms with Gasteiger partial charge in [0.05, 0.1) is 6.61 Å². The first-order chi connectivity index (χ1) is 4.43. The summed E-state index contributed by atoms with van der Waals surface area (Å²) in [6.07, 6.45) is 1.24. The van der Waals surface area contributed by atoms with E-state index in [1.54, 1.807) is 0 Å². The third kappa shape index (κ3) is 3.40. The molecule has 1 heterocycles. The summed E-state index contributed by atoms with van der Waals surface area (Å²) in [5.74, 6) is 0.782. The normalized spacial score (nSPS) is 24.3. The highest BCUT2D eigenvalue weighted by atomic mass is 35.5. The van der Waals surface area contributed by atoms with Gasteiger partial charge < -0.3 is 10.1 Å². The van der Waals surface area contributed by atoms with E-state index < -0.39 is 0 Å². The van der Waals surface area contributed by atoms with Gasteiger partial charge in [-0.15, -0.1) is 12.4 Å². The van der Waals surface area contributed by atoms with Crippen LogP contribution in [0.2, 0.25) is 0 Å². The molecule has 1 unspecified atom stereocenters. The van der Waals surface area contributed by atoms with E-state index >= 15 is 0 Å². The Kier molecular flexibility index (Phi) is 6.08. The number of hydrogen-bond acceptors (Lipinski definition) is 2. The predicted octanol–water partition coefficient (Wildman–Crippen LogP) is 1.05. The van der Waals surface area contributed by atoms with Crippen LogP contribution in [0.5, 0.6) is 0 Å².